The maximum atomic E-state index is 12.5. The zero-order valence-corrected chi connectivity index (χ0v) is 11.5. The summed E-state index contributed by atoms with van der Waals surface area (Å²) in [5.74, 6) is -0.208. The highest BCUT2D eigenvalue weighted by atomic mass is 32.1. The van der Waals surface area contributed by atoms with E-state index in [1.807, 2.05) is 13.0 Å². The minimum atomic E-state index is -4.24. The highest BCUT2D eigenvalue weighted by Crippen LogP contribution is 2.30. The largest absolute Gasteiger partial charge is 0.401 e. The molecule has 1 heterocycles. The van der Waals surface area contributed by atoms with E-state index >= 15 is 0 Å². The zero-order chi connectivity index (χ0) is 14.0. The van der Waals surface area contributed by atoms with E-state index in [0.29, 0.717) is 4.88 Å². The number of carbonyl (C=O) groups excluding carboxylic acids is 1. The number of aryl methyl sites for hydroxylation is 1. The minimum Gasteiger partial charge on any atom is -0.292 e. The van der Waals surface area contributed by atoms with Crippen LogP contribution in [0.2, 0.25) is 0 Å². The normalized spacial score (nSPS) is 16.1. The molecule has 0 spiro atoms. The fourth-order valence-electron chi connectivity index (χ4n) is 1.96. The van der Waals surface area contributed by atoms with Crippen LogP contribution in [0.25, 0.3) is 0 Å². The van der Waals surface area contributed by atoms with Gasteiger partial charge in [0.15, 0.2) is 5.78 Å². The molecule has 0 N–H and O–H groups in total. The summed E-state index contributed by atoms with van der Waals surface area (Å²) in [4.78, 5) is 14.9. The predicted octanol–water partition coefficient (Wildman–Crippen LogP) is 3.52. The topological polar surface area (TPSA) is 20.3 Å². The summed E-state index contributed by atoms with van der Waals surface area (Å²) in [5.41, 5.74) is 0. The van der Waals surface area contributed by atoms with Crippen molar-refractivity contribution in [1.29, 1.82) is 0 Å². The number of alkyl halides is 3. The molecule has 106 valence electrons. The van der Waals surface area contributed by atoms with Crippen LogP contribution in [0.1, 0.15) is 34.3 Å². The monoisotopic (exact) mass is 291 g/mol. The molecule has 0 unspecified atom stereocenters. The predicted molar refractivity (Wildman–Crippen MR) is 68.7 cm³/mol. The fourth-order valence-corrected chi connectivity index (χ4v) is 2.84. The van der Waals surface area contributed by atoms with Crippen molar-refractivity contribution in [3.63, 3.8) is 0 Å². The number of hydrogen-bond acceptors (Lipinski definition) is 3. The zero-order valence-electron chi connectivity index (χ0n) is 10.7. The van der Waals surface area contributed by atoms with Gasteiger partial charge in [-0.3, -0.25) is 9.69 Å². The lowest BCUT2D eigenvalue weighted by Gasteiger charge is -2.22. The summed E-state index contributed by atoms with van der Waals surface area (Å²) in [6.07, 6.45) is -1.89. The number of thiophene rings is 1. The van der Waals surface area contributed by atoms with Crippen molar-refractivity contribution < 1.29 is 18.0 Å². The second-order valence-electron chi connectivity index (χ2n) is 4.79. The SMILES string of the molecule is CCc1ccc(C(=O)CN(CC(F)(F)F)C2CC2)s1. The number of carbonyl (C=O) groups is 1. The molecule has 19 heavy (non-hydrogen) atoms. The molecule has 1 aromatic rings. The Morgan fingerprint density at radius 1 is 1.42 bits per heavy atom. The van der Waals surface area contributed by atoms with E-state index in [0.717, 1.165) is 24.1 Å². The molecule has 0 bridgehead atoms. The summed E-state index contributed by atoms with van der Waals surface area (Å²) in [6.45, 7) is 0.865. The number of halogens is 3. The van der Waals surface area contributed by atoms with Gasteiger partial charge in [-0.05, 0) is 31.4 Å². The van der Waals surface area contributed by atoms with Gasteiger partial charge in [0.25, 0.3) is 0 Å². The van der Waals surface area contributed by atoms with E-state index in [1.54, 1.807) is 6.07 Å². The van der Waals surface area contributed by atoms with E-state index in [2.05, 4.69) is 0 Å². The first-order chi connectivity index (χ1) is 8.89. The van der Waals surface area contributed by atoms with Gasteiger partial charge in [-0.2, -0.15) is 13.2 Å². The third-order valence-electron chi connectivity index (χ3n) is 3.08. The Kier molecular flexibility index (Phi) is 4.30. The first kappa shape index (κ1) is 14.5. The summed E-state index contributed by atoms with van der Waals surface area (Å²) in [7, 11) is 0. The molecule has 0 radical (unpaired) electrons. The van der Waals surface area contributed by atoms with Gasteiger partial charge in [0.05, 0.1) is 18.0 Å². The Bertz CT molecular complexity index is 451. The lowest BCUT2D eigenvalue weighted by Crippen LogP contribution is -2.39. The molecule has 2 nitrogen and oxygen atoms in total. The van der Waals surface area contributed by atoms with E-state index in [1.165, 1.54) is 16.2 Å². The van der Waals surface area contributed by atoms with Gasteiger partial charge < -0.3 is 0 Å². The van der Waals surface area contributed by atoms with Crippen LogP contribution < -0.4 is 0 Å². The molecule has 2 rings (SSSR count). The van der Waals surface area contributed by atoms with Crippen LogP contribution in [0, 0.1) is 0 Å². The lowest BCUT2D eigenvalue weighted by atomic mass is 10.2. The first-order valence-corrected chi connectivity index (χ1v) is 7.13. The van der Waals surface area contributed by atoms with Crippen molar-refractivity contribution >= 4 is 17.1 Å². The molecule has 1 fully saturated rings. The van der Waals surface area contributed by atoms with Crippen LogP contribution in [-0.2, 0) is 6.42 Å². The number of nitrogens with zero attached hydrogens (tertiary/aromatic N) is 1. The van der Waals surface area contributed by atoms with Crippen LogP contribution >= 0.6 is 11.3 Å². The van der Waals surface area contributed by atoms with E-state index in [-0.39, 0.29) is 18.4 Å². The molecule has 0 aliphatic heterocycles. The standard InChI is InChI=1S/C13H16F3NOS/c1-2-10-5-6-12(19-10)11(18)7-17(9-3-4-9)8-13(14,15)16/h5-6,9H,2-4,7-8H2,1H3. The molecule has 0 aromatic carbocycles. The van der Waals surface area contributed by atoms with Crippen LogP contribution in [0.15, 0.2) is 12.1 Å². The number of hydrogen-bond donors (Lipinski definition) is 0. The van der Waals surface area contributed by atoms with Gasteiger partial charge >= 0.3 is 6.18 Å². The highest BCUT2D eigenvalue weighted by Gasteiger charge is 2.38. The minimum absolute atomic E-state index is 0.0730. The van der Waals surface area contributed by atoms with Crippen molar-refractivity contribution in [1.82, 2.24) is 4.90 Å². The maximum absolute atomic E-state index is 12.5. The Labute approximate surface area is 114 Å². The molecular formula is C13H16F3NOS. The van der Waals surface area contributed by atoms with E-state index < -0.39 is 12.7 Å². The number of Topliss-reactive ketones (excluding diaryl/α,β-unsaturated/α-hetero) is 1. The van der Waals surface area contributed by atoms with Crippen molar-refractivity contribution in [3.8, 4) is 0 Å². The third-order valence-corrected chi connectivity index (χ3v) is 4.35. The Morgan fingerprint density at radius 2 is 2.11 bits per heavy atom. The molecule has 1 aliphatic carbocycles. The van der Waals surface area contributed by atoms with Crippen molar-refractivity contribution in [2.45, 2.75) is 38.4 Å². The van der Waals surface area contributed by atoms with Gasteiger partial charge in [0.1, 0.15) is 0 Å². The molecule has 6 heteroatoms. The maximum Gasteiger partial charge on any atom is 0.401 e. The molecular weight excluding hydrogens is 275 g/mol. The summed E-state index contributed by atoms with van der Waals surface area (Å²) in [5, 5.41) is 0. The second-order valence-corrected chi connectivity index (χ2v) is 5.96. The third kappa shape index (κ3) is 4.31. The van der Waals surface area contributed by atoms with Gasteiger partial charge in [-0.15, -0.1) is 11.3 Å². The smallest absolute Gasteiger partial charge is 0.292 e. The molecule has 1 saturated carbocycles. The van der Waals surface area contributed by atoms with Crippen LogP contribution in [0.3, 0.4) is 0 Å². The molecule has 1 aromatic heterocycles. The quantitative estimate of drug-likeness (QED) is 0.747. The molecule has 0 atom stereocenters. The van der Waals surface area contributed by atoms with Gasteiger partial charge in [-0.1, -0.05) is 6.92 Å². The molecule has 0 saturated heterocycles. The summed E-state index contributed by atoms with van der Waals surface area (Å²) < 4.78 is 37.4. The van der Waals surface area contributed by atoms with E-state index in [9.17, 15) is 18.0 Å². The Hall–Kier alpha value is -0.880. The van der Waals surface area contributed by atoms with Gasteiger partial charge in [0, 0.05) is 10.9 Å². The average molecular weight is 291 g/mol. The number of ketones is 1. The van der Waals surface area contributed by atoms with E-state index in [4.69, 9.17) is 0 Å². The summed E-state index contributed by atoms with van der Waals surface area (Å²) in [6, 6.07) is 3.50. The average Bonchev–Trinajstić information content (AvgIpc) is 3.04. The lowest BCUT2D eigenvalue weighted by molar-refractivity contribution is -0.145. The molecule has 0 amide bonds. The Morgan fingerprint density at radius 3 is 2.58 bits per heavy atom. The first-order valence-electron chi connectivity index (χ1n) is 6.31. The highest BCUT2D eigenvalue weighted by molar-refractivity contribution is 7.14. The van der Waals surface area contributed by atoms with Crippen molar-refractivity contribution in [2.24, 2.45) is 0 Å². The van der Waals surface area contributed by atoms with Gasteiger partial charge in [0.2, 0.25) is 0 Å². The van der Waals surface area contributed by atoms with Crippen molar-refractivity contribution in [3.05, 3.63) is 21.9 Å². The van der Waals surface area contributed by atoms with Crippen LogP contribution in [-0.4, -0.2) is 36.0 Å². The van der Waals surface area contributed by atoms with Crippen LogP contribution in [0.4, 0.5) is 13.2 Å². The van der Waals surface area contributed by atoms with Crippen molar-refractivity contribution in [2.75, 3.05) is 13.1 Å². The Balaban J connectivity index is 1.98. The number of rotatable bonds is 6. The fraction of sp³-hybridized carbons (Fsp3) is 0.615. The van der Waals surface area contributed by atoms with Gasteiger partial charge in [-0.25, -0.2) is 0 Å². The van der Waals surface area contributed by atoms with Crippen LogP contribution in [0.5, 0.6) is 0 Å². The second kappa shape index (κ2) is 5.63. The summed E-state index contributed by atoms with van der Waals surface area (Å²) >= 11 is 1.38. The molecule has 1 aliphatic rings.